The minimum absolute atomic E-state index is 0.0251. The summed E-state index contributed by atoms with van der Waals surface area (Å²) < 4.78 is 8.15. The highest BCUT2D eigenvalue weighted by Crippen LogP contribution is 2.30. The van der Waals surface area contributed by atoms with Gasteiger partial charge < -0.3 is 14.6 Å². The largest absolute Gasteiger partial charge is 0.489 e. The Bertz CT molecular complexity index is 725. The van der Waals surface area contributed by atoms with E-state index in [1.54, 1.807) is 20.2 Å². The Morgan fingerprint density at radius 2 is 1.88 bits per heavy atom. The second-order valence-corrected chi connectivity index (χ2v) is 7.22. The van der Waals surface area contributed by atoms with Crippen LogP contribution in [0.5, 0.6) is 5.75 Å². The van der Waals surface area contributed by atoms with E-state index in [0.717, 1.165) is 17.3 Å². The van der Waals surface area contributed by atoms with Crippen molar-refractivity contribution in [2.45, 2.75) is 50.8 Å². The number of nitrogens with one attached hydrogen (secondary N) is 1. The smallest absolute Gasteiger partial charge is 0.325 e. The van der Waals surface area contributed by atoms with Gasteiger partial charge >= 0.3 is 6.03 Å². The van der Waals surface area contributed by atoms with Gasteiger partial charge in [-0.2, -0.15) is 0 Å². The zero-order valence-electron chi connectivity index (χ0n) is 13.6. The van der Waals surface area contributed by atoms with Crippen molar-refractivity contribution in [3.8, 4) is 5.75 Å². The van der Waals surface area contributed by atoms with Crippen LogP contribution >= 0.6 is 15.9 Å². The zero-order valence-corrected chi connectivity index (χ0v) is 15.2. The van der Waals surface area contributed by atoms with Crippen molar-refractivity contribution in [3.05, 3.63) is 27.1 Å². The van der Waals surface area contributed by atoms with Gasteiger partial charge in [-0.3, -0.25) is 14.5 Å². The van der Waals surface area contributed by atoms with Gasteiger partial charge in [-0.15, -0.1) is 0 Å². The molecule has 1 N–H and O–H groups in total. The number of halogens is 1. The highest BCUT2D eigenvalue weighted by atomic mass is 79.9. The number of aromatic nitrogens is 1. The summed E-state index contributed by atoms with van der Waals surface area (Å²) in [5, 5.41) is 2.65. The fraction of sp³-hybridized carbons (Fsp3) is 0.562. The van der Waals surface area contributed by atoms with E-state index in [-0.39, 0.29) is 29.6 Å². The molecule has 3 amide bonds. The molecule has 2 fully saturated rings. The fourth-order valence-corrected chi connectivity index (χ4v) is 3.76. The predicted molar refractivity (Wildman–Crippen MR) is 90.9 cm³/mol. The number of nitrogens with zero attached hydrogens (tertiary/aromatic N) is 2. The van der Waals surface area contributed by atoms with Crippen molar-refractivity contribution in [2.24, 2.45) is 7.05 Å². The van der Waals surface area contributed by atoms with E-state index in [9.17, 15) is 14.4 Å². The topological polar surface area (TPSA) is 80.6 Å². The maximum Gasteiger partial charge on any atom is 0.325 e. The zero-order chi connectivity index (χ0) is 17.4. The van der Waals surface area contributed by atoms with E-state index in [4.69, 9.17) is 4.74 Å². The molecule has 1 saturated carbocycles. The van der Waals surface area contributed by atoms with Crippen LogP contribution in [0.15, 0.2) is 21.5 Å². The summed E-state index contributed by atoms with van der Waals surface area (Å²) in [6.07, 6.45) is 4.54. The van der Waals surface area contributed by atoms with E-state index in [0.29, 0.717) is 18.6 Å². The molecule has 130 valence electrons. The third-order valence-electron chi connectivity index (χ3n) is 4.61. The van der Waals surface area contributed by atoms with E-state index in [1.165, 1.54) is 15.5 Å². The quantitative estimate of drug-likeness (QED) is 0.788. The number of ether oxygens (including phenoxy) is 1. The van der Waals surface area contributed by atoms with Crippen LogP contribution in [0.4, 0.5) is 4.79 Å². The van der Waals surface area contributed by atoms with Crippen LogP contribution in [-0.2, 0) is 11.8 Å². The minimum Gasteiger partial charge on any atom is -0.489 e. The lowest BCUT2D eigenvalue weighted by Gasteiger charge is -2.33. The molecule has 1 atom stereocenters. The van der Waals surface area contributed by atoms with Crippen LogP contribution in [0.1, 0.15) is 32.6 Å². The lowest BCUT2D eigenvalue weighted by molar-refractivity contribution is -0.129. The molecule has 24 heavy (non-hydrogen) atoms. The Labute approximate surface area is 148 Å². The van der Waals surface area contributed by atoms with Gasteiger partial charge in [0, 0.05) is 25.4 Å². The molecular weight excluding hydrogens is 378 g/mol. The highest BCUT2D eigenvalue weighted by molar-refractivity contribution is 9.10. The van der Waals surface area contributed by atoms with Crippen LogP contribution in [0.25, 0.3) is 0 Å². The highest BCUT2D eigenvalue weighted by Gasteiger charge is 2.41. The summed E-state index contributed by atoms with van der Waals surface area (Å²) in [5.41, 5.74) is -0.129. The summed E-state index contributed by atoms with van der Waals surface area (Å²) in [7, 11) is 1.68. The molecule has 1 saturated heterocycles. The number of imide groups is 1. The molecule has 3 rings (SSSR count). The van der Waals surface area contributed by atoms with Gasteiger partial charge in [-0.25, -0.2) is 4.79 Å². The number of pyridine rings is 1. The Morgan fingerprint density at radius 1 is 1.21 bits per heavy atom. The Balaban J connectivity index is 1.62. The van der Waals surface area contributed by atoms with Gasteiger partial charge in [-0.05, 0) is 48.5 Å². The molecule has 0 radical (unpaired) electrons. The van der Waals surface area contributed by atoms with Gasteiger partial charge in [-0.1, -0.05) is 0 Å². The Morgan fingerprint density at radius 3 is 2.46 bits per heavy atom. The summed E-state index contributed by atoms with van der Waals surface area (Å²) in [6, 6.07) is 0.651. The van der Waals surface area contributed by atoms with E-state index >= 15 is 0 Å². The Hall–Kier alpha value is -1.83. The minimum atomic E-state index is -0.442. The molecular formula is C16H20BrN3O4. The third-order valence-corrected chi connectivity index (χ3v) is 5.21. The molecule has 1 aliphatic carbocycles. The van der Waals surface area contributed by atoms with E-state index in [2.05, 4.69) is 21.2 Å². The first-order chi connectivity index (χ1) is 11.4. The van der Waals surface area contributed by atoms with E-state index < -0.39 is 6.04 Å². The van der Waals surface area contributed by atoms with Crippen molar-refractivity contribution in [1.29, 1.82) is 0 Å². The average Bonchev–Trinajstić information content (AvgIpc) is 2.79. The number of aryl methyl sites for hydroxylation is 1. The fourth-order valence-electron chi connectivity index (χ4n) is 3.24. The molecule has 0 aromatic carbocycles. The molecule has 2 heterocycles. The van der Waals surface area contributed by atoms with Gasteiger partial charge in [0.1, 0.15) is 11.8 Å². The number of carbonyl (C=O) groups excluding carboxylic acids is 2. The number of hydrogen-bond acceptors (Lipinski definition) is 4. The molecule has 1 aromatic rings. The second kappa shape index (κ2) is 6.58. The monoisotopic (exact) mass is 397 g/mol. The van der Waals surface area contributed by atoms with Crippen molar-refractivity contribution >= 4 is 27.9 Å². The first-order valence-electron chi connectivity index (χ1n) is 8.03. The summed E-state index contributed by atoms with van der Waals surface area (Å²) in [6.45, 7) is 1.70. The van der Waals surface area contributed by atoms with Gasteiger partial charge in [0.25, 0.3) is 11.5 Å². The first kappa shape index (κ1) is 17.0. The maximum atomic E-state index is 12.1. The predicted octanol–water partition coefficient (Wildman–Crippen LogP) is 1.78. The van der Waals surface area contributed by atoms with Gasteiger partial charge in [0.2, 0.25) is 0 Å². The van der Waals surface area contributed by atoms with Crippen molar-refractivity contribution in [2.75, 3.05) is 0 Å². The van der Waals surface area contributed by atoms with Gasteiger partial charge in [0.05, 0.1) is 10.6 Å². The van der Waals surface area contributed by atoms with Crippen LogP contribution in [0, 0.1) is 0 Å². The van der Waals surface area contributed by atoms with Crippen molar-refractivity contribution < 1.29 is 14.3 Å². The Kier molecular flexibility index (Phi) is 4.67. The standard InChI is InChI=1S/C16H20BrN3O4/c1-9-15(22)20(16(23)18-9)10-3-5-11(6-4-10)24-13-7-14(21)19(2)8-12(13)17/h7-11H,3-6H2,1-2H3,(H,18,23)/t9-,10-,11-/m0/s1. The van der Waals surface area contributed by atoms with Crippen LogP contribution < -0.4 is 15.6 Å². The lowest BCUT2D eigenvalue weighted by Crippen LogP contribution is -2.44. The van der Waals surface area contributed by atoms with Crippen LogP contribution in [-0.4, -0.2) is 39.6 Å². The lowest BCUT2D eigenvalue weighted by atomic mass is 9.92. The summed E-state index contributed by atoms with van der Waals surface area (Å²) >= 11 is 3.41. The van der Waals surface area contributed by atoms with E-state index in [1.807, 2.05) is 0 Å². The molecule has 2 aliphatic rings. The summed E-state index contributed by atoms with van der Waals surface area (Å²) in [5.74, 6) is 0.379. The number of hydrogen-bond donors (Lipinski definition) is 1. The van der Waals surface area contributed by atoms with Crippen LogP contribution in [0.3, 0.4) is 0 Å². The molecule has 1 aliphatic heterocycles. The number of rotatable bonds is 3. The summed E-state index contributed by atoms with van der Waals surface area (Å²) in [4.78, 5) is 37.1. The normalized spacial score (nSPS) is 27.3. The molecule has 1 aromatic heterocycles. The number of amides is 3. The SMILES string of the molecule is C[C@@H]1NC(=O)N([C@H]2CC[C@H](Oc3cc(=O)n(C)cc3Br)CC2)C1=O. The van der Waals surface area contributed by atoms with Crippen molar-refractivity contribution in [1.82, 2.24) is 14.8 Å². The number of carbonyl (C=O) groups is 2. The second-order valence-electron chi connectivity index (χ2n) is 6.36. The molecule has 8 heteroatoms. The first-order valence-corrected chi connectivity index (χ1v) is 8.82. The third kappa shape index (κ3) is 3.19. The van der Waals surface area contributed by atoms with Crippen LogP contribution in [0.2, 0.25) is 0 Å². The number of urea groups is 1. The molecule has 0 unspecified atom stereocenters. The van der Waals surface area contributed by atoms with Gasteiger partial charge in [0.15, 0.2) is 0 Å². The molecule has 0 spiro atoms. The average molecular weight is 398 g/mol. The van der Waals surface area contributed by atoms with Crippen molar-refractivity contribution in [3.63, 3.8) is 0 Å². The molecule has 0 bridgehead atoms. The molecule has 7 nitrogen and oxygen atoms in total. The maximum absolute atomic E-state index is 12.1.